The van der Waals surface area contributed by atoms with E-state index in [0.717, 1.165) is 0 Å². The minimum Gasteiger partial charge on any atom is -0.302 e. The fraction of sp³-hybridized carbons (Fsp3) is 0.100. The Labute approximate surface area is 120 Å². The SMILES string of the molecule is FC(F)(F)c1n[nH]/c(=N/N=C/c2c(Cl)cccc2Cl)[nH]1. The van der Waals surface area contributed by atoms with Gasteiger partial charge in [0.25, 0.3) is 0 Å². The molecule has 5 nitrogen and oxygen atoms in total. The first-order chi connectivity index (χ1) is 9.38. The largest absolute Gasteiger partial charge is 0.451 e. The lowest BCUT2D eigenvalue weighted by molar-refractivity contribution is -0.144. The summed E-state index contributed by atoms with van der Waals surface area (Å²) in [5.41, 5.74) is 0.159. The molecule has 0 bridgehead atoms. The van der Waals surface area contributed by atoms with Gasteiger partial charge < -0.3 is 4.98 Å². The van der Waals surface area contributed by atoms with Crippen molar-refractivity contribution in [3.05, 3.63) is 45.3 Å². The van der Waals surface area contributed by atoms with Crippen LogP contribution in [-0.4, -0.2) is 21.4 Å². The van der Waals surface area contributed by atoms with Crippen LogP contribution in [0.2, 0.25) is 10.0 Å². The van der Waals surface area contributed by atoms with Crippen molar-refractivity contribution in [2.24, 2.45) is 10.2 Å². The Morgan fingerprint density at radius 1 is 1.20 bits per heavy atom. The van der Waals surface area contributed by atoms with Crippen LogP contribution in [0.1, 0.15) is 11.4 Å². The molecule has 2 aromatic rings. The van der Waals surface area contributed by atoms with Crippen LogP contribution in [0.5, 0.6) is 0 Å². The maximum absolute atomic E-state index is 12.3. The van der Waals surface area contributed by atoms with Gasteiger partial charge in [-0.25, -0.2) is 5.10 Å². The molecule has 1 aromatic heterocycles. The summed E-state index contributed by atoms with van der Waals surface area (Å²) in [6, 6.07) is 4.84. The predicted molar refractivity (Wildman–Crippen MR) is 67.6 cm³/mol. The smallest absolute Gasteiger partial charge is 0.302 e. The molecule has 0 saturated carbocycles. The molecule has 0 aliphatic carbocycles. The van der Waals surface area contributed by atoms with Crippen LogP contribution >= 0.6 is 23.2 Å². The van der Waals surface area contributed by atoms with Crippen LogP contribution in [-0.2, 0) is 6.18 Å². The van der Waals surface area contributed by atoms with Gasteiger partial charge >= 0.3 is 6.18 Å². The summed E-state index contributed by atoms with van der Waals surface area (Å²) in [4.78, 5) is 1.93. The summed E-state index contributed by atoms with van der Waals surface area (Å²) in [5, 5.41) is 12.9. The van der Waals surface area contributed by atoms with E-state index >= 15 is 0 Å². The zero-order valence-electron chi connectivity index (χ0n) is 9.54. The van der Waals surface area contributed by atoms with Gasteiger partial charge in [-0.05, 0) is 12.1 Å². The Balaban J connectivity index is 2.25. The number of alkyl halides is 3. The van der Waals surface area contributed by atoms with Gasteiger partial charge in [-0.1, -0.05) is 29.3 Å². The highest BCUT2D eigenvalue weighted by Gasteiger charge is 2.34. The first-order valence-corrected chi connectivity index (χ1v) is 5.86. The number of nitrogens with one attached hydrogen (secondary N) is 2. The molecule has 0 spiro atoms. The molecule has 0 aliphatic heterocycles. The Bertz CT molecular complexity index is 681. The quantitative estimate of drug-likeness (QED) is 0.647. The van der Waals surface area contributed by atoms with Crippen LogP contribution in [0.25, 0.3) is 0 Å². The van der Waals surface area contributed by atoms with E-state index in [2.05, 4.69) is 20.4 Å². The third kappa shape index (κ3) is 3.40. The van der Waals surface area contributed by atoms with Gasteiger partial charge in [-0.3, -0.25) is 0 Å². The number of benzene rings is 1. The Morgan fingerprint density at radius 2 is 1.85 bits per heavy atom. The van der Waals surface area contributed by atoms with E-state index < -0.39 is 12.0 Å². The molecular weight excluding hydrogens is 318 g/mol. The highest BCUT2D eigenvalue weighted by molar-refractivity contribution is 6.38. The molecule has 0 aliphatic rings. The van der Waals surface area contributed by atoms with Crippen molar-refractivity contribution in [2.75, 3.05) is 0 Å². The molecule has 1 aromatic carbocycles. The van der Waals surface area contributed by atoms with Crippen LogP contribution in [0.3, 0.4) is 0 Å². The molecule has 106 valence electrons. The number of hydrogen-bond acceptors (Lipinski definition) is 3. The van der Waals surface area contributed by atoms with Crippen LogP contribution in [0, 0.1) is 0 Å². The van der Waals surface area contributed by atoms with Crippen molar-refractivity contribution in [3.8, 4) is 0 Å². The van der Waals surface area contributed by atoms with E-state index in [1.807, 2.05) is 4.98 Å². The summed E-state index contributed by atoms with van der Waals surface area (Å²) < 4.78 is 36.8. The second-order valence-electron chi connectivity index (χ2n) is 3.52. The van der Waals surface area contributed by atoms with E-state index in [1.54, 1.807) is 18.2 Å². The van der Waals surface area contributed by atoms with E-state index in [4.69, 9.17) is 23.2 Å². The number of rotatable bonds is 2. The van der Waals surface area contributed by atoms with Crippen LogP contribution < -0.4 is 5.62 Å². The molecular formula is C10H6Cl2F3N5. The van der Waals surface area contributed by atoms with Crippen molar-refractivity contribution in [1.29, 1.82) is 0 Å². The average molecular weight is 324 g/mol. The Morgan fingerprint density at radius 3 is 2.40 bits per heavy atom. The number of halogens is 5. The van der Waals surface area contributed by atoms with E-state index in [1.165, 1.54) is 6.21 Å². The molecule has 0 amide bonds. The van der Waals surface area contributed by atoms with Gasteiger partial charge in [-0.15, -0.1) is 10.2 Å². The van der Waals surface area contributed by atoms with Gasteiger partial charge in [0.05, 0.1) is 16.3 Å². The van der Waals surface area contributed by atoms with Crippen molar-refractivity contribution in [2.45, 2.75) is 6.18 Å². The van der Waals surface area contributed by atoms with Crippen LogP contribution in [0.4, 0.5) is 13.2 Å². The number of H-pyrrole nitrogens is 2. The molecule has 10 heteroatoms. The summed E-state index contributed by atoms with van der Waals surface area (Å²) >= 11 is 11.8. The Kier molecular flexibility index (Phi) is 4.15. The first kappa shape index (κ1) is 14.6. The second-order valence-corrected chi connectivity index (χ2v) is 4.34. The zero-order valence-corrected chi connectivity index (χ0v) is 11.1. The van der Waals surface area contributed by atoms with Gasteiger partial charge in [0.2, 0.25) is 11.4 Å². The zero-order chi connectivity index (χ0) is 14.8. The highest BCUT2D eigenvalue weighted by Crippen LogP contribution is 2.24. The maximum atomic E-state index is 12.3. The molecule has 2 rings (SSSR count). The average Bonchev–Trinajstić information content (AvgIpc) is 2.81. The van der Waals surface area contributed by atoms with Crippen molar-refractivity contribution < 1.29 is 13.2 Å². The summed E-state index contributed by atoms with van der Waals surface area (Å²) in [6.45, 7) is 0. The van der Waals surface area contributed by atoms with Crippen molar-refractivity contribution in [1.82, 2.24) is 15.2 Å². The van der Waals surface area contributed by atoms with Crippen LogP contribution in [0.15, 0.2) is 28.4 Å². The standard InChI is InChI=1S/C10H6Cl2F3N5/c11-6-2-1-3-7(12)5(6)4-16-19-9-17-8(18-20-9)10(13,14)15/h1-4H,(H2,17,18,19,20)/b16-4+. The number of hydrogen-bond donors (Lipinski definition) is 2. The minimum absolute atomic E-state index is 0.253. The molecule has 2 N–H and O–H groups in total. The topological polar surface area (TPSA) is 69.2 Å². The third-order valence-electron chi connectivity index (χ3n) is 2.12. The lowest BCUT2D eigenvalue weighted by atomic mass is 10.2. The minimum atomic E-state index is -4.58. The maximum Gasteiger partial charge on any atom is 0.451 e. The van der Waals surface area contributed by atoms with Gasteiger partial charge in [-0.2, -0.15) is 18.3 Å². The van der Waals surface area contributed by atoms with Gasteiger partial charge in [0, 0.05) is 5.56 Å². The van der Waals surface area contributed by atoms with Gasteiger partial charge in [0.1, 0.15) is 0 Å². The Hall–Kier alpha value is -1.80. The predicted octanol–water partition coefficient (Wildman–Crippen LogP) is 3.00. The highest BCUT2D eigenvalue weighted by atomic mass is 35.5. The molecule has 0 unspecified atom stereocenters. The summed E-state index contributed by atoms with van der Waals surface area (Å²) in [5.74, 6) is -1.19. The molecule has 0 saturated heterocycles. The molecule has 20 heavy (non-hydrogen) atoms. The first-order valence-electron chi connectivity index (χ1n) is 5.11. The molecule has 0 fully saturated rings. The molecule has 1 heterocycles. The summed E-state index contributed by atoms with van der Waals surface area (Å²) in [6.07, 6.45) is -3.35. The normalized spacial score (nSPS) is 13.3. The van der Waals surface area contributed by atoms with E-state index in [0.29, 0.717) is 15.6 Å². The summed E-state index contributed by atoms with van der Waals surface area (Å²) in [7, 11) is 0. The second kappa shape index (κ2) is 5.68. The molecule has 0 radical (unpaired) electrons. The monoisotopic (exact) mass is 323 g/mol. The fourth-order valence-electron chi connectivity index (χ4n) is 1.24. The van der Waals surface area contributed by atoms with Crippen molar-refractivity contribution in [3.63, 3.8) is 0 Å². The van der Waals surface area contributed by atoms with Gasteiger partial charge in [0.15, 0.2) is 0 Å². The number of aromatic nitrogens is 3. The number of nitrogens with zero attached hydrogens (tertiary/aromatic N) is 3. The lowest BCUT2D eigenvalue weighted by Crippen LogP contribution is -2.10. The molecule has 0 atom stereocenters. The van der Waals surface area contributed by atoms with E-state index in [-0.39, 0.29) is 5.62 Å². The lowest BCUT2D eigenvalue weighted by Gasteiger charge is -1.98. The van der Waals surface area contributed by atoms with Crippen molar-refractivity contribution >= 4 is 29.4 Å². The fourth-order valence-corrected chi connectivity index (χ4v) is 1.73. The third-order valence-corrected chi connectivity index (χ3v) is 2.78. The number of aromatic amines is 2. The van der Waals surface area contributed by atoms with E-state index in [9.17, 15) is 13.2 Å².